The van der Waals surface area contributed by atoms with Crippen LogP contribution in [-0.2, 0) is 0 Å². The quantitative estimate of drug-likeness (QED) is 0.565. The molecule has 74 valence electrons. The lowest BCUT2D eigenvalue weighted by atomic mass is 10.2. The first-order chi connectivity index (χ1) is 6.88. The Morgan fingerprint density at radius 3 is 3.14 bits per heavy atom. The molecule has 0 aromatic carbocycles. The van der Waals surface area contributed by atoms with Gasteiger partial charge < -0.3 is 0 Å². The van der Waals surface area contributed by atoms with Crippen LogP contribution in [0.3, 0.4) is 0 Å². The van der Waals surface area contributed by atoms with Crippen LogP contribution in [0.25, 0.3) is 0 Å². The van der Waals surface area contributed by atoms with Gasteiger partial charge in [-0.2, -0.15) is 0 Å². The van der Waals surface area contributed by atoms with E-state index in [1.165, 1.54) is 0 Å². The molecule has 0 bridgehead atoms. The standard InChI is InChI=1S/C11H14N2S/c1-3-4-8-11(14-12-2)10-7-5-6-9-13-10/h3-6,8-9,12H,1,7H2,2H3/b8-4-,11-10-. The van der Waals surface area contributed by atoms with Crippen molar-refractivity contribution in [1.29, 1.82) is 0 Å². The molecule has 0 aromatic rings. The summed E-state index contributed by atoms with van der Waals surface area (Å²) >= 11 is 1.57. The zero-order valence-electron chi connectivity index (χ0n) is 8.23. The summed E-state index contributed by atoms with van der Waals surface area (Å²) in [5, 5.41) is 0. The van der Waals surface area contributed by atoms with Crippen molar-refractivity contribution in [2.45, 2.75) is 6.42 Å². The highest BCUT2D eigenvalue weighted by Gasteiger charge is 2.03. The van der Waals surface area contributed by atoms with Gasteiger partial charge in [0.25, 0.3) is 0 Å². The molecular formula is C11H14N2S. The van der Waals surface area contributed by atoms with Gasteiger partial charge in [0.15, 0.2) is 0 Å². The van der Waals surface area contributed by atoms with E-state index >= 15 is 0 Å². The van der Waals surface area contributed by atoms with Crippen molar-refractivity contribution < 1.29 is 0 Å². The Morgan fingerprint density at radius 2 is 2.57 bits per heavy atom. The minimum atomic E-state index is 0.891. The van der Waals surface area contributed by atoms with Gasteiger partial charge in [0.05, 0.1) is 5.70 Å². The molecule has 3 heteroatoms. The van der Waals surface area contributed by atoms with E-state index in [9.17, 15) is 0 Å². The summed E-state index contributed by atoms with van der Waals surface area (Å²) in [5.41, 5.74) is 1.09. The van der Waals surface area contributed by atoms with E-state index in [4.69, 9.17) is 0 Å². The van der Waals surface area contributed by atoms with Crippen molar-refractivity contribution in [2.75, 3.05) is 7.05 Å². The second kappa shape index (κ2) is 6.40. The maximum absolute atomic E-state index is 4.32. The van der Waals surface area contributed by atoms with Gasteiger partial charge >= 0.3 is 0 Å². The van der Waals surface area contributed by atoms with Crippen molar-refractivity contribution in [1.82, 2.24) is 4.72 Å². The number of hydrogen-bond donors (Lipinski definition) is 1. The monoisotopic (exact) mass is 206 g/mol. The molecule has 0 saturated heterocycles. The topological polar surface area (TPSA) is 24.4 Å². The Morgan fingerprint density at radius 1 is 1.71 bits per heavy atom. The lowest BCUT2D eigenvalue weighted by Crippen LogP contribution is -1.95. The van der Waals surface area contributed by atoms with Crippen LogP contribution in [0.4, 0.5) is 0 Å². The third kappa shape index (κ3) is 3.36. The summed E-state index contributed by atoms with van der Waals surface area (Å²) in [5.74, 6) is 0. The van der Waals surface area contributed by atoms with Crippen LogP contribution in [-0.4, -0.2) is 13.3 Å². The predicted octanol–water partition coefficient (Wildman–Crippen LogP) is 2.84. The number of nitrogens with zero attached hydrogens (tertiary/aromatic N) is 1. The van der Waals surface area contributed by atoms with Crippen LogP contribution in [0, 0.1) is 0 Å². The first kappa shape index (κ1) is 11.0. The Bertz CT molecular complexity index is 311. The van der Waals surface area contributed by atoms with Crippen LogP contribution in [0.5, 0.6) is 0 Å². The van der Waals surface area contributed by atoms with Gasteiger partial charge in [-0.05, 0) is 31.1 Å². The first-order valence-electron chi connectivity index (χ1n) is 4.43. The van der Waals surface area contributed by atoms with E-state index in [-0.39, 0.29) is 0 Å². The molecule has 0 aromatic heterocycles. The van der Waals surface area contributed by atoms with Gasteiger partial charge in [-0.15, -0.1) is 0 Å². The third-order valence-electron chi connectivity index (χ3n) is 1.64. The highest BCUT2D eigenvalue weighted by Crippen LogP contribution is 2.23. The van der Waals surface area contributed by atoms with Crippen LogP contribution in [0.15, 0.2) is 52.6 Å². The molecule has 0 amide bonds. The minimum absolute atomic E-state index is 0.891. The summed E-state index contributed by atoms with van der Waals surface area (Å²) in [6.45, 7) is 3.65. The van der Waals surface area contributed by atoms with Crippen molar-refractivity contribution in [2.24, 2.45) is 4.99 Å². The maximum atomic E-state index is 4.32. The molecule has 0 unspecified atom stereocenters. The van der Waals surface area contributed by atoms with Crippen LogP contribution < -0.4 is 4.72 Å². The predicted molar refractivity (Wildman–Crippen MR) is 65.3 cm³/mol. The van der Waals surface area contributed by atoms with Gasteiger partial charge in [-0.1, -0.05) is 24.8 Å². The molecule has 0 atom stereocenters. The van der Waals surface area contributed by atoms with Crippen molar-refractivity contribution in [3.05, 3.63) is 47.6 Å². The number of aliphatic imine (C=N–C) groups is 1. The SMILES string of the molecule is C=C/C=C\C(SNC)=C1/CC=CC=N1. The van der Waals surface area contributed by atoms with Crippen molar-refractivity contribution in [3.63, 3.8) is 0 Å². The van der Waals surface area contributed by atoms with E-state index in [2.05, 4.69) is 22.4 Å². The van der Waals surface area contributed by atoms with E-state index < -0.39 is 0 Å². The third-order valence-corrected chi connectivity index (χ3v) is 2.44. The highest BCUT2D eigenvalue weighted by molar-refractivity contribution is 8.01. The summed E-state index contributed by atoms with van der Waals surface area (Å²) in [6, 6.07) is 0. The highest BCUT2D eigenvalue weighted by atomic mass is 32.2. The molecule has 1 rings (SSSR count). The summed E-state index contributed by atoms with van der Waals surface area (Å²) < 4.78 is 3.05. The summed E-state index contributed by atoms with van der Waals surface area (Å²) in [4.78, 5) is 5.46. The van der Waals surface area contributed by atoms with Crippen LogP contribution >= 0.6 is 11.9 Å². The second-order valence-corrected chi connectivity index (χ2v) is 3.67. The number of rotatable bonds is 4. The van der Waals surface area contributed by atoms with Gasteiger partial charge in [-0.3, -0.25) is 9.71 Å². The van der Waals surface area contributed by atoms with E-state index in [1.54, 1.807) is 18.0 Å². The molecule has 0 saturated carbocycles. The average Bonchev–Trinajstić information content (AvgIpc) is 2.25. The van der Waals surface area contributed by atoms with Gasteiger partial charge in [-0.25, -0.2) is 0 Å². The van der Waals surface area contributed by atoms with Gasteiger partial charge in [0, 0.05) is 17.5 Å². The molecule has 2 nitrogen and oxygen atoms in total. The zero-order chi connectivity index (χ0) is 10.2. The van der Waals surface area contributed by atoms with Crippen LogP contribution in [0.2, 0.25) is 0 Å². The minimum Gasteiger partial charge on any atom is -0.263 e. The molecule has 0 radical (unpaired) electrons. The largest absolute Gasteiger partial charge is 0.263 e. The number of allylic oxidation sites excluding steroid dienone is 5. The fraction of sp³-hybridized carbons (Fsp3) is 0.182. The Kier molecular flexibility index (Phi) is 5.04. The van der Waals surface area contributed by atoms with E-state index in [0.717, 1.165) is 17.0 Å². The fourth-order valence-electron chi connectivity index (χ4n) is 1.04. The Labute approximate surface area is 89.3 Å². The lowest BCUT2D eigenvalue weighted by molar-refractivity contribution is 1.15. The van der Waals surface area contributed by atoms with Crippen molar-refractivity contribution in [3.8, 4) is 0 Å². The number of hydrogen-bond acceptors (Lipinski definition) is 3. The molecule has 1 N–H and O–H groups in total. The zero-order valence-corrected chi connectivity index (χ0v) is 9.05. The fourth-order valence-corrected chi connectivity index (χ4v) is 1.67. The first-order valence-corrected chi connectivity index (χ1v) is 5.25. The van der Waals surface area contributed by atoms with Gasteiger partial charge in [0.1, 0.15) is 0 Å². The number of nitrogens with one attached hydrogen (secondary N) is 1. The van der Waals surface area contributed by atoms with E-state index in [1.807, 2.05) is 31.5 Å². The molecule has 0 spiro atoms. The summed E-state index contributed by atoms with van der Waals surface area (Å²) in [7, 11) is 1.90. The Balaban J connectivity index is 2.83. The molecule has 0 fully saturated rings. The van der Waals surface area contributed by atoms with Crippen molar-refractivity contribution >= 4 is 18.2 Å². The molecule has 0 aliphatic carbocycles. The van der Waals surface area contributed by atoms with Gasteiger partial charge in [0.2, 0.25) is 0 Å². The molecular weight excluding hydrogens is 192 g/mol. The molecule has 1 heterocycles. The molecule has 1 aliphatic rings. The Hall–Kier alpha value is -1.06. The summed E-state index contributed by atoms with van der Waals surface area (Å²) in [6.07, 6.45) is 12.5. The molecule has 1 aliphatic heterocycles. The average molecular weight is 206 g/mol. The second-order valence-electron chi connectivity index (χ2n) is 2.62. The maximum Gasteiger partial charge on any atom is 0.0590 e. The number of dihydropyridines is 1. The van der Waals surface area contributed by atoms with Crippen LogP contribution in [0.1, 0.15) is 6.42 Å². The smallest absolute Gasteiger partial charge is 0.0590 e. The molecule has 14 heavy (non-hydrogen) atoms. The normalized spacial score (nSPS) is 18.9. The van der Waals surface area contributed by atoms with E-state index in [0.29, 0.717) is 0 Å². The lowest BCUT2D eigenvalue weighted by Gasteiger charge is -2.07.